The molecule has 1 atom stereocenters. The van der Waals surface area contributed by atoms with Crippen molar-refractivity contribution >= 4 is 9.84 Å². The molecule has 0 aliphatic carbocycles. The third kappa shape index (κ3) is 6.08. The molecular weight excluding hydrogens is 504 g/mol. The molecule has 0 aromatic heterocycles. The minimum Gasteiger partial charge on any atom is -0.494 e. The summed E-state index contributed by atoms with van der Waals surface area (Å²) in [7, 11) is -2.99. The van der Waals surface area contributed by atoms with Gasteiger partial charge in [0, 0.05) is 42.4 Å². The van der Waals surface area contributed by atoms with Gasteiger partial charge in [0.25, 0.3) is 0 Å². The van der Waals surface area contributed by atoms with Crippen LogP contribution in [-0.4, -0.2) is 52.0 Å². The van der Waals surface area contributed by atoms with E-state index >= 15 is 0 Å². The number of aryl methyl sites for hydroxylation is 1. The van der Waals surface area contributed by atoms with E-state index in [1.165, 1.54) is 6.26 Å². The van der Waals surface area contributed by atoms with E-state index in [0.29, 0.717) is 39.3 Å². The smallest absolute Gasteiger partial charge is 0.147 e. The number of sulfone groups is 1. The summed E-state index contributed by atoms with van der Waals surface area (Å²) in [4.78, 5) is 0. The first-order valence-corrected chi connectivity index (χ1v) is 15.1. The van der Waals surface area contributed by atoms with E-state index < -0.39 is 9.84 Å². The molecule has 2 aliphatic rings. The zero-order valence-corrected chi connectivity index (χ0v) is 22.7. The predicted octanol–water partition coefficient (Wildman–Crippen LogP) is 4.85. The van der Waals surface area contributed by atoms with Gasteiger partial charge in [-0.05, 0) is 72.4 Å². The van der Waals surface area contributed by atoms with Crippen molar-refractivity contribution in [3.8, 4) is 34.1 Å². The summed E-state index contributed by atoms with van der Waals surface area (Å²) in [5, 5.41) is 9.27. The molecule has 8 heteroatoms. The van der Waals surface area contributed by atoms with E-state index in [1.807, 2.05) is 42.5 Å². The molecule has 3 aromatic rings. The van der Waals surface area contributed by atoms with Gasteiger partial charge in [-0.2, -0.15) is 0 Å². The minimum absolute atomic E-state index is 0.117. The molecule has 0 radical (unpaired) electrons. The molecule has 1 N–H and O–H groups in total. The monoisotopic (exact) mass is 538 g/mol. The van der Waals surface area contributed by atoms with Crippen molar-refractivity contribution < 1.29 is 32.5 Å². The maximum atomic E-state index is 11.4. The molecule has 38 heavy (non-hydrogen) atoms. The van der Waals surface area contributed by atoms with Crippen molar-refractivity contribution in [1.82, 2.24) is 0 Å². The van der Waals surface area contributed by atoms with Gasteiger partial charge in [-0.25, -0.2) is 8.42 Å². The van der Waals surface area contributed by atoms with Crippen LogP contribution in [0.3, 0.4) is 0 Å². The first-order valence-electron chi connectivity index (χ1n) is 13.0. The second-order valence-electron chi connectivity index (χ2n) is 10.0. The van der Waals surface area contributed by atoms with E-state index in [-0.39, 0.29) is 18.3 Å². The fraction of sp³-hybridized carbons (Fsp3) is 0.400. The fourth-order valence-electron chi connectivity index (χ4n) is 5.17. The quantitative estimate of drug-likeness (QED) is 0.369. The Morgan fingerprint density at radius 2 is 1.87 bits per heavy atom. The van der Waals surface area contributed by atoms with Crippen LogP contribution in [0.4, 0.5) is 0 Å². The van der Waals surface area contributed by atoms with Crippen LogP contribution in [0.1, 0.15) is 41.0 Å². The highest BCUT2D eigenvalue weighted by Crippen LogP contribution is 2.41. The lowest BCUT2D eigenvalue weighted by Gasteiger charge is -2.16. The number of aliphatic hydroxyl groups is 1. The molecule has 5 rings (SSSR count). The van der Waals surface area contributed by atoms with Crippen molar-refractivity contribution in [2.75, 3.05) is 38.4 Å². The first-order chi connectivity index (χ1) is 18.3. The summed E-state index contributed by atoms with van der Waals surface area (Å²) < 4.78 is 46.7. The first kappa shape index (κ1) is 26.4. The molecular formula is C30H34O7S. The Labute approximate surface area is 224 Å². The molecule has 7 nitrogen and oxygen atoms in total. The Morgan fingerprint density at radius 1 is 1.00 bits per heavy atom. The largest absolute Gasteiger partial charge is 0.494 e. The molecule has 202 valence electrons. The second kappa shape index (κ2) is 11.3. The number of fused-ring (bicyclic) bond motifs is 4. The van der Waals surface area contributed by atoms with Crippen LogP contribution in [0.2, 0.25) is 0 Å². The van der Waals surface area contributed by atoms with Gasteiger partial charge in [-0.15, -0.1) is 0 Å². The Hall–Kier alpha value is -3.23. The molecule has 0 spiro atoms. The highest BCUT2D eigenvalue weighted by Gasteiger charge is 2.24. The molecule has 0 bridgehead atoms. The van der Waals surface area contributed by atoms with Crippen LogP contribution < -0.4 is 18.9 Å². The summed E-state index contributed by atoms with van der Waals surface area (Å²) in [5.41, 5.74) is 6.55. The topological polar surface area (TPSA) is 91.3 Å². The maximum absolute atomic E-state index is 11.4. The highest BCUT2D eigenvalue weighted by molar-refractivity contribution is 7.90. The second-order valence-corrected chi connectivity index (χ2v) is 12.3. The van der Waals surface area contributed by atoms with Gasteiger partial charge in [0.05, 0.1) is 25.6 Å². The Balaban J connectivity index is 1.31. The van der Waals surface area contributed by atoms with Crippen LogP contribution in [0.25, 0.3) is 11.1 Å². The van der Waals surface area contributed by atoms with Crippen molar-refractivity contribution in [1.29, 1.82) is 0 Å². The Bertz CT molecular complexity index is 1410. The normalized spacial score (nSPS) is 15.9. The van der Waals surface area contributed by atoms with Gasteiger partial charge in [0.1, 0.15) is 39.4 Å². The molecule has 0 fully saturated rings. The van der Waals surface area contributed by atoms with E-state index in [4.69, 9.17) is 18.9 Å². The zero-order chi connectivity index (χ0) is 26.7. The third-order valence-corrected chi connectivity index (χ3v) is 8.04. The van der Waals surface area contributed by atoms with Crippen LogP contribution in [-0.2, 0) is 22.9 Å². The number of ether oxygens (including phenoxy) is 4. The average Bonchev–Trinajstić information content (AvgIpc) is 3.17. The van der Waals surface area contributed by atoms with E-state index in [9.17, 15) is 13.5 Å². The van der Waals surface area contributed by atoms with Crippen LogP contribution >= 0.6 is 0 Å². The average molecular weight is 539 g/mol. The third-order valence-electron chi connectivity index (χ3n) is 7.01. The maximum Gasteiger partial charge on any atom is 0.147 e. The molecule has 0 amide bonds. The molecule has 0 unspecified atom stereocenters. The van der Waals surface area contributed by atoms with Gasteiger partial charge in [0.15, 0.2) is 0 Å². The van der Waals surface area contributed by atoms with Crippen LogP contribution in [0, 0.1) is 6.92 Å². The summed E-state index contributed by atoms with van der Waals surface area (Å²) in [6.45, 7) is 4.14. The van der Waals surface area contributed by atoms with Crippen molar-refractivity contribution in [2.45, 2.75) is 38.7 Å². The lowest BCUT2D eigenvalue weighted by Crippen LogP contribution is -2.08. The van der Waals surface area contributed by atoms with Gasteiger partial charge < -0.3 is 24.1 Å². The van der Waals surface area contributed by atoms with Crippen molar-refractivity contribution in [3.05, 3.63) is 70.8 Å². The summed E-state index contributed by atoms with van der Waals surface area (Å²) in [5.74, 6) is 3.52. The standard InChI is InChI=1S/C30H34O7S/c1-20-14-25(34-11-3-13-38(2,32)33)16-22-9-12-35-28-7-4-21(15-27(28)30(20)22)18-36-24-5-6-26-23(8-10-31)19-37-29(26)17-24/h4-7,14-17,23,31H,3,8-13,18-19H2,1-2H3/t23-/m1/s1. The number of hydrogen-bond donors (Lipinski definition) is 1. The number of hydrogen-bond acceptors (Lipinski definition) is 7. The Kier molecular flexibility index (Phi) is 7.81. The highest BCUT2D eigenvalue weighted by atomic mass is 32.2. The molecule has 0 saturated carbocycles. The van der Waals surface area contributed by atoms with Crippen molar-refractivity contribution in [2.24, 2.45) is 0 Å². The molecule has 2 aliphatic heterocycles. The summed E-state index contributed by atoms with van der Waals surface area (Å²) >= 11 is 0. The number of aliphatic hydroxyl groups excluding tert-OH is 1. The van der Waals surface area contributed by atoms with Crippen LogP contribution in [0.5, 0.6) is 23.0 Å². The Morgan fingerprint density at radius 3 is 2.68 bits per heavy atom. The zero-order valence-electron chi connectivity index (χ0n) is 21.9. The SMILES string of the molecule is Cc1cc(OCCCS(C)(=O)=O)cc2c1-c1cc(COc3ccc4c(c3)OC[C@H]4CCO)ccc1OCC2. The molecule has 2 heterocycles. The summed E-state index contributed by atoms with van der Waals surface area (Å²) in [6, 6.07) is 16.1. The minimum atomic E-state index is -2.99. The van der Waals surface area contributed by atoms with Gasteiger partial charge >= 0.3 is 0 Å². The van der Waals surface area contributed by atoms with Gasteiger partial charge in [-0.3, -0.25) is 0 Å². The van der Waals surface area contributed by atoms with E-state index in [0.717, 1.165) is 62.8 Å². The summed E-state index contributed by atoms with van der Waals surface area (Å²) in [6.07, 6.45) is 3.15. The number of benzene rings is 3. The molecule has 3 aromatic carbocycles. The number of rotatable bonds is 10. The fourth-order valence-corrected chi connectivity index (χ4v) is 5.81. The van der Waals surface area contributed by atoms with E-state index in [2.05, 4.69) is 13.0 Å². The van der Waals surface area contributed by atoms with Crippen molar-refractivity contribution in [3.63, 3.8) is 0 Å². The van der Waals surface area contributed by atoms with Gasteiger partial charge in [0.2, 0.25) is 0 Å². The lowest BCUT2D eigenvalue weighted by molar-refractivity contribution is 0.254. The van der Waals surface area contributed by atoms with Crippen LogP contribution in [0.15, 0.2) is 48.5 Å². The van der Waals surface area contributed by atoms with E-state index in [1.54, 1.807) is 0 Å². The van der Waals surface area contributed by atoms with Gasteiger partial charge in [-0.1, -0.05) is 12.1 Å². The predicted molar refractivity (Wildman–Crippen MR) is 146 cm³/mol. The molecule has 0 saturated heterocycles. The lowest BCUT2D eigenvalue weighted by atomic mass is 9.92.